The topological polar surface area (TPSA) is 137 Å². The van der Waals surface area contributed by atoms with Crippen LogP contribution in [0.1, 0.15) is 79.1 Å². The fourth-order valence-electron chi connectivity index (χ4n) is 2.78. The van der Waals surface area contributed by atoms with Crippen LogP contribution in [0.2, 0.25) is 0 Å². The summed E-state index contributed by atoms with van der Waals surface area (Å²) in [5.74, 6) is -0.674. The van der Waals surface area contributed by atoms with Crippen LogP contribution in [0.3, 0.4) is 0 Å². The molecule has 12 heteroatoms. The molecule has 2 aliphatic carbocycles. The average Bonchev–Trinajstić information content (AvgIpc) is 2.85. The number of unbranched alkanes of at least 4 members (excludes halogenated alkanes) is 4. The molecular weight excluding hydrogens is 1240 g/mol. The number of rotatable bonds is 16. The van der Waals surface area contributed by atoms with Crippen molar-refractivity contribution in [2.45, 2.75) is 79.1 Å². The maximum Gasteiger partial charge on any atom is 1.00 e. The van der Waals surface area contributed by atoms with Gasteiger partial charge >= 0.3 is 89.5 Å². The molecule has 2 aliphatic rings. The summed E-state index contributed by atoms with van der Waals surface area (Å²) in [5, 5.41) is 55.3. The van der Waals surface area contributed by atoms with E-state index in [4.69, 9.17) is 0 Å². The van der Waals surface area contributed by atoms with Crippen molar-refractivity contribution in [2.24, 2.45) is 0 Å². The van der Waals surface area contributed by atoms with Crippen molar-refractivity contribution in [3.8, 4) is 0 Å². The summed E-state index contributed by atoms with van der Waals surface area (Å²) in [7, 11) is 0. The molecule has 4 N–H and O–H groups in total. The molecule has 0 fully saturated rings. The van der Waals surface area contributed by atoms with E-state index >= 15 is 0 Å². The first-order valence-corrected chi connectivity index (χ1v) is 12.9. The summed E-state index contributed by atoms with van der Waals surface area (Å²) in [6, 6.07) is 0. The monoisotopic (exact) mass is 1280 g/mol. The van der Waals surface area contributed by atoms with Crippen LogP contribution in [0.4, 0.5) is 0 Å². The van der Waals surface area contributed by atoms with Crippen molar-refractivity contribution in [2.75, 3.05) is 26.2 Å². The third kappa shape index (κ3) is 18.9. The second-order valence-electron chi connectivity index (χ2n) is 8.23. The summed E-state index contributed by atoms with van der Waals surface area (Å²) in [5.41, 5.74) is 1.32. The molecule has 0 aromatic carbocycles. The van der Waals surface area contributed by atoms with E-state index in [1.54, 1.807) is 0 Å². The molecular formula is C28H40Au4N4O4. The molecule has 2 rings (SSSR count). The summed E-state index contributed by atoms with van der Waals surface area (Å²) in [6.45, 7) is 10.8. The number of aliphatic hydroxyl groups excluding tert-OH is 4. The van der Waals surface area contributed by atoms with Gasteiger partial charge in [-0.25, -0.2) is 0 Å². The Morgan fingerprint density at radius 1 is 0.500 bits per heavy atom. The molecule has 0 bridgehead atoms. The molecule has 0 radical (unpaired) electrons. The molecule has 0 amide bonds. The van der Waals surface area contributed by atoms with Gasteiger partial charge in [0.05, 0.1) is 0 Å². The number of hydrogen-bond donors (Lipinski definition) is 4. The quantitative estimate of drug-likeness (QED) is 0.0706. The second-order valence-corrected chi connectivity index (χ2v) is 8.23. The molecule has 40 heavy (non-hydrogen) atoms. The Kier molecular flexibility index (Phi) is 33.4. The Bertz CT molecular complexity index is 802. The van der Waals surface area contributed by atoms with E-state index in [9.17, 15) is 20.4 Å². The maximum absolute atomic E-state index is 9.60. The summed E-state index contributed by atoms with van der Waals surface area (Å²) in [6.07, 6.45) is 18.6. The van der Waals surface area contributed by atoms with Crippen LogP contribution in [0, 0.1) is 24.3 Å². The fourth-order valence-corrected chi connectivity index (χ4v) is 2.78. The van der Waals surface area contributed by atoms with Gasteiger partial charge in [0.1, 0.15) is 23.0 Å². The van der Waals surface area contributed by atoms with Gasteiger partial charge in [0.25, 0.3) is 0 Å². The third-order valence-electron chi connectivity index (χ3n) is 4.97. The number of allylic oxidation sites excluding steroid dienone is 4. The van der Waals surface area contributed by atoms with Gasteiger partial charge < -0.3 is 41.7 Å². The Morgan fingerprint density at radius 2 is 0.775 bits per heavy atom. The van der Waals surface area contributed by atoms with Gasteiger partial charge in [-0.15, -0.1) is 38.3 Å². The zero-order chi connectivity index (χ0) is 26.8. The molecule has 0 aromatic rings. The normalized spacial score (nSPS) is 13.3. The van der Waals surface area contributed by atoms with Gasteiger partial charge in [0.15, 0.2) is 0 Å². The largest absolute Gasteiger partial charge is 1.00 e. The van der Waals surface area contributed by atoms with E-state index in [0.29, 0.717) is 49.0 Å². The minimum absolute atomic E-state index is 0. The molecule has 0 heterocycles. The van der Waals surface area contributed by atoms with Crippen LogP contribution in [-0.4, -0.2) is 46.6 Å². The molecule has 0 aromatic heterocycles. The first-order chi connectivity index (χ1) is 17.4. The van der Waals surface area contributed by atoms with Crippen LogP contribution in [0.25, 0.3) is 21.3 Å². The molecule has 0 aliphatic heterocycles. The van der Waals surface area contributed by atoms with E-state index in [0.717, 1.165) is 51.4 Å². The van der Waals surface area contributed by atoms with Crippen LogP contribution in [0.5, 0.6) is 0 Å². The SMILES string of the molecule is CCCC[N-]C1=[C+]C([N-]CCCC)=C(O)[C-]=C1O.CCCC[N-]C1=[C+]C([N-]CCCC)=C(O)[C-]=C1O.[Au+].[Au+].[Au+].[Au+]. The predicted octanol–water partition coefficient (Wildman–Crippen LogP) is 8.09. The van der Waals surface area contributed by atoms with E-state index < -0.39 is 0 Å². The van der Waals surface area contributed by atoms with Crippen molar-refractivity contribution in [1.29, 1.82) is 0 Å². The summed E-state index contributed by atoms with van der Waals surface area (Å²) < 4.78 is 0. The van der Waals surface area contributed by atoms with Gasteiger partial charge in [-0.05, 0) is 22.8 Å². The molecule has 0 spiro atoms. The van der Waals surface area contributed by atoms with Gasteiger partial charge in [-0.2, -0.15) is 0 Å². The minimum atomic E-state index is -0.168. The third-order valence-corrected chi connectivity index (χ3v) is 4.97. The molecule has 8 nitrogen and oxygen atoms in total. The van der Waals surface area contributed by atoms with Crippen molar-refractivity contribution in [3.05, 3.63) is 91.4 Å². The zero-order valence-corrected chi connectivity index (χ0v) is 31.9. The predicted molar refractivity (Wildman–Crippen MR) is 144 cm³/mol. The zero-order valence-electron chi connectivity index (χ0n) is 23.3. The van der Waals surface area contributed by atoms with Gasteiger partial charge in [-0.3, -0.25) is 0 Å². The summed E-state index contributed by atoms with van der Waals surface area (Å²) in [4.78, 5) is 0. The van der Waals surface area contributed by atoms with Crippen molar-refractivity contribution >= 4 is 0 Å². The van der Waals surface area contributed by atoms with Crippen LogP contribution in [0.15, 0.2) is 45.8 Å². The average molecular weight is 1280 g/mol. The minimum Gasteiger partial charge on any atom is -0.710 e. The van der Waals surface area contributed by atoms with Crippen LogP contribution in [-0.2, 0) is 89.5 Å². The number of hydrogen-bond acceptors (Lipinski definition) is 4. The van der Waals surface area contributed by atoms with E-state index in [2.05, 4.69) is 73.3 Å². The molecule has 240 valence electrons. The first kappa shape index (κ1) is 46.6. The van der Waals surface area contributed by atoms with Crippen LogP contribution >= 0.6 is 0 Å². The van der Waals surface area contributed by atoms with E-state index in [1.807, 2.05) is 0 Å². The molecule has 0 saturated carbocycles. The van der Waals surface area contributed by atoms with Gasteiger partial charge in [0, 0.05) is 12.2 Å². The Hall–Kier alpha value is -0.379. The van der Waals surface area contributed by atoms with Crippen molar-refractivity contribution in [3.63, 3.8) is 0 Å². The first-order valence-electron chi connectivity index (χ1n) is 12.9. The standard InChI is InChI=1S/2C14H20N2O2.4Au/c2*1-3-5-7-15-11-9-12(16-8-6-4-2)14(18)10-13(11)17;;;;/h2*17-18H,3-8H2,1-2H3;;;;/q2*-2;4*+1. The number of aliphatic hydroxyl groups is 4. The fraction of sp³-hybridized carbons (Fsp3) is 0.571. The van der Waals surface area contributed by atoms with Crippen molar-refractivity contribution in [1.82, 2.24) is 0 Å². The Balaban J connectivity index is -0.000000295. The maximum atomic E-state index is 9.60. The van der Waals surface area contributed by atoms with Crippen LogP contribution < -0.4 is 0 Å². The Morgan fingerprint density at radius 3 is 1.05 bits per heavy atom. The smallest absolute Gasteiger partial charge is 0.710 e. The second kappa shape index (κ2) is 28.7. The Labute approximate surface area is 303 Å². The van der Waals surface area contributed by atoms with Gasteiger partial charge in [-0.1, -0.05) is 79.1 Å². The summed E-state index contributed by atoms with van der Waals surface area (Å²) >= 11 is 0. The molecule has 0 unspecified atom stereocenters. The molecule has 0 atom stereocenters. The number of nitrogens with zero attached hydrogens (tertiary/aromatic N) is 4. The van der Waals surface area contributed by atoms with E-state index in [-0.39, 0.29) is 113 Å². The van der Waals surface area contributed by atoms with Gasteiger partial charge in [0.2, 0.25) is 0 Å². The van der Waals surface area contributed by atoms with E-state index in [1.165, 1.54) is 0 Å². The van der Waals surface area contributed by atoms with Crippen molar-refractivity contribution < 1.29 is 110 Å². The molecule has 0 saturated heterocycles.